The lowest BCUT2D eigenvalue weighted by molar-refractivity contribution is -0.0270. The molecule has 0 unspecified atom stereocenters. The van der Waals surface area contributed by atoms with E-state index in [1.807, 2.05) is 0 Å². The van der Waals surface area contributed by atoms with Crippen molar-refractivity contribution in [2.75, 3.05) is 0 Å². The summed E-state index contributed by atoms with van der Waals surface area (Å²) < 4.78 is 28.7. The Morgan fingerprint density at radius 2 is 1.94 bits per heavy atom. The van der Waals surface area contributed by atoms with Gasteiger partial charge >= 0.3 is 0 Å². The zero-order valence-electron chi connectivity index (χ0n) is 8.92. The number of aliphatic hydroxyl groups excluding tert-OH is 1. The second-order valence-electron chi connectivity index (χ2n) is 3.56. The van der Waals surface area contributed by atoms with Gasteiger partial charge in [0, 0.05) is 5.56 Å². The van der Waals surface area contributed by atoms with Gasteiger partial charge in [-0.15, -0.1) is 0 Å². The molecule has 1 aromatic heterocycles. The van der Waals surface area contributed by atoms with E-state index >= 15 is 0 Å². The number of hydrogen-bond acceptors (Lipinski definition) is 3. The van der Waals surface area contributed by atoms with Crippen molar-refractivity contribution in [3.05, 3.63) is 48.0 Å². The van der Waals surface area contributed by atoms with Gasteiger partial charge in [-0.1, -0.05) is 30.3 Å². The third-order valence-corrected chi connectivity index (χ3v) is 2.38. The molecule has 0 aliphatic rings. The molecular weight excluding hydrogens is 228 g/mol. The predicted molar refractivity (Wildman–Crippen MR) is 56.3 cm³/mol. The summed E-state index contributed by atoms with van der Waals surface area (Å²) in [4.78, 5) is 3.68. The predicted octanol–water partition coefficient (Wildman–Crippen LogP) is 1.56. The third-order valence-electron chi connectivity index (χ3n) is 2.38. The smallest absolute Gasteiger partial charge is 0.292 e. The van der Waals surface area contributed by atoms with E-state index < -0.39 is 19.1 Å². The van der Waals surface area contributed by atoms with Crippen molar-refractivity contribution in [3.8, 4) is 0 Å². The van der Waals surface area contributed by atoms with Crippen LogP contribution >= 0.6 is 0 Å². The fraction of sp³-hybridized carbons (Fsp3) is 0.273. The highest BCUT2D eigenvalue weighted by Crippen LogP contribution is 2.29. The van der Waals surface area contributed by atoms with Crippen LogP contribution < -0.4 is 0 Å². The van der Waals surface area contributed by atoms with Gasteiger partial charge in [0.1, 0.15) is 19.5 Å². The minimum Gasteiger partial charge on any atom is -0.388 e. The third kappa shape index (κ3) is 2.47. The first kappa shape index (κ1) is 11.7. The second kappa shape index (κ2) is 4.58. The van der Waals surface area contributed by atoms with Crippen molar-refractivity contribution in [2.45, 2.75) is 19.1 Å². The number of halogens is 2. The summed E-state index contributed by atoms with van der Waals surface area (Å²) in [6.07, 6.45) is 1.15. The standard InChI is InChI=1S/C11H11F2N3O/c12-11(13,9-4-2-1-3-5-9)7-16-10(6-17)14-8-15-16/h1-5,8,17H,6-7H2. The van der Waals surface area contributed by atoms with Crippen LogP contribution in [0.1, 0.15) is 11.4 Å². The number of rotatable bonds is 4. The van der Waals surface area contributed by atoms with Crippen LogP contribution in [0.4, 0.5) is 8.78 Å². The number of aliphatic hydroxyl groups is 1. The van der Waals surface area contributed by atoms with E-state index in [1.54, 1.807) is 18.2 Å². The maximum absolute atomic E-state index is 13.9. The van der Waals surface area contributed by atoms with Crippen molar-refractivity contribution in [1.82, 2.24) is 14.8 Å². The Morgan fingerprint density at radius 3 is 2.59 bits per heavy atom. The van der Waals surface area contributed by atoms with Crippen LogP contribution in [0.15, 0.2) is 36.7 Å². The van der Waals surface area contributed by atoms with Crippen LogP contribution in [0.2, 0.25) is 0 Å². The second-order valence-corrected chi connectivity index (χ2v) is 3.56. The summed E-state index contributed by atoms with van der Waals surface area (Å²) in [7, 11) is 0. The summed E-state index contributed by atoms with van der Waals surface area (Å²) in [6, 6.07) is 7.49. The van der Waals surface area contributed by atoms with Crippen molar-refractivity contribution >= 4 is 0 Å². The quantitative estimate of drug-likeness (QED) is 0.880. The van der Waals surface area contributed by atoms with E-state index in [-0.39, 0.29) is 11.4 Å². The molecule has 1 aromatic carbocycles. The average molecular weight is 239 g/mol. The highest BCUT2D eigenvalue weighted by atomic mass is 19.3. The monoisotopic (exact) mass is 239 g/mol. The first-order valence-corrected chi connectivity index (χ1v) is 5.04. The zero-order chi connectivity index (χ0) is 12.3. The summed E-state index contributed by atoms with van der Waals surface area (Å²) in [5, 5.41) is 12.6. The Hall–Kier alpha value is -1.82. The van der Waals surface area contributed by atoms with Gasteiger partial charge in [-0.2, -0.15) is 13.9 Å². The molecular formula is C11H11F2N3O. The number of aromatic nitrogens is 3. The summed E-state index contributed by atoms with van der Waals surface area (Å²) in [6.45, 7) is -1.04. The van der Waals surface area contributed by atoms with Crippen LogP contribution in [0.25, 0.3) is 0 Å². The molecule has 90 valence electrons. The molecule has 0 spiro atoms. The molecule has 0 saturated carbocycles. The topological polar surface area (TPSA) is 50.9 Å². The Morgan fingerprint density at radius 1 is 1.24 bits per heavy atom. The normalized spacial score (nSPS) is 11.7. The lowest BCUT2D eigenvalue weighted by Crippen LogP contribution is -2.23. The molecule has 1 heterocycles. The van der Waals surface area contributed by atoms with Crippen molar-refractivity contribution in [1.29, 1.82) is 0 Å². The minimum absolute atomic E-state index is 0.0839. The molecule has 0 fully saturated rings. The van der Waals surface area contributed by atoms with Crippen LogP contribution in [-0.2, 0) is 19.1 Å². The zero-order valence-corrected chi connectivity index (χ0v) is 8.92. The SMILES string of the molecule is OCc1ncnn1CC(F)(F)c1ccccc1. The highest BCUT2D eigenvalue weighted by molar-refractivity contribution is 5.19. The average Bonchev–Trinajstić information content (AvgIpc) is 2.77. The minimum atomic E-state index is -3.04. The lowest BCUT2D eigenvalue weighted by Gasteiger charge is -2.17. The lowest BCUT2D eigenvalue weighted by atomic mass is 10.1. The van der Waals surface area contributed by atoms with E-state index in [1.165, 1.54) is 12.1 Å². The van der Waals surface area contributed by atoms with Crippen LogP contribution in [0.5, 0.6) is 0 Å². The van der Waals surface area contributed by atoms with Gasteiger partial charge in [0.25, 0.3) is 5.92 Å². The number of benzene rings is 1. The number of hydrogen-bond donors (Lipinski definition) is 1. The Balaban J connectivity index is 2.23. The van der Waals surface area contributed by atoms with E-state index in [4.69, 9.17) is 5.11 Å². The van der Waals surface area contributed by atoms with Gasteiger partial charge in [-0.05, 0) is 0 Å². The van der Waals surface area contributed by atoms with E-state index in [0.717, 1.165) is 11.0 Å². The molecule has 0 radical (unpaired) electrons. The molecule has 0 aliphatic heterocycles. The molecule has 0 saturated heterocycles. The number of nitrogens with zero attached hydrogens (tertiary/aromatic N) is 3. The molecule has 17 heavy (non-hydrogen) atoms. The molecule has 2 aromatic rings. The Kier molecular flexibility index (Phi) is 3.14. The van der Waals surface area contributed by atoms with E-state index in [0.29, 0.717) is 0 Å². The summed E-state index contributed by atoms with van der Waals surface area (Å²) in [5.41, 5.74) is -0.0839. The van der Waals surface area contributed by atoms with Crippen LogP contribution in [0.3, 0.4) is 0 Å². The van der Waals surface area contributed by atoms with Gasteiger partial charge in [0.15, 0.2) is 5.82 Å². The maximum Gasteiger partial charge on any atom is 0.292 e. The largest absolute Gasteiger partial charge is 0.388 e. The summed E-state index contributed by atoms with van der Waals surface area (Å²) >= 11 is 0. The highest BCUT2D eigenvalue weighted by Gasteiger charge is 2.33. The van der Waals surface area contributed by atoms with Gasteiger partial charge in [-0.25, -0.2) is 9.67 Å². The first-order valence-electron chi connectivity index (χ1n) is 5.04. The van der Waals surface area contributed by atoms with E-state index in [2.05, 4.69) is 10.1 Å². The first-order chi connectivity index (χ1) is 8.13. The summed E-state index contributed by atoms with van der Waals surface area (Å²) in [5.74, 6) is -2.92. The Labute approximate surface area is 96.5 Å². The molecule has 6 heteroatoms. The van der Waals surface area contributed by atoms with E-state index in [9.17, 15) is 8.78 Å². The van der Waals surface area contributed by atoms with Crippen molar-refractivity contribution in [3.63, 3.8) is 0 Å². The molecule has 1 N–H and O–H groups in total. The van der Waals surface area contributed by atoms with Gasteiger partial charge in [-0.3, -0.25) is 0 Å². The molecule has 4 nitrogen and oxygen atoms in total. The van der Waals surface area contributed by atoms with Crippen LogP contribution in [0, 0.1) is 0 Å². The number of alkyl halides is 2. The Bertz CT molecular complexity index is 484. The fourth-order valence-electron chi connectivity index (χ4n) is 1.50. The molecule has 0 amide bonds. The van der Waals surface area contributed by atoms with Gasteiger partial charge < -0.3 is 5.11 Å². The molecule has 0 bridgehead atoms. The molecule has 2 rings (SSSR count). The molecule has 0 aliphatic carbocycles. The van der Waals surface area contributed by atoms with Crippen LogP contribution in [-0.4, -0.2) is 19.9 Å². The fourth-order valence-corrected chi connectivity index (χ4v) is 1.50. The maximum atomic E-state index is 13.9. The van der Waals surface area contributed by atoms with Crippen molar-refractivity contribution < 1.29 is 13.9 Å². The van der Waals surface area contributed by atoms with Gasteiger partial charge in [0.2, 0.25) is 0 Å². The van der Waals surface area contributed by atoms with Gasteiger partial charge in [0.05, 0.1) is 0 Å². The molecule has 0 atom stereocenters. The van der Waals surface area contributed by atoms with Crippen molar-refractivity contribution in [2.24, 2.45) is 0 Å².